The number of hydrogen-bond donors (Lipinski definition) is 1. The van der Waals surface area contributed by atoms with Gasteiger partial charge in [-0.1, -0.05) is 19.6 Å². The number of carbonyl (C=O) groups is 2. The summed E-state index contributed by atoms with van der Waals surface area (Å²) in [7, 11) is 0. The van der Waals surface area contributed by atoms with Crippen LogP contribution in [0.4, 0.5) is 0 Å². The maximum absolute atomic E-state index is 12.4. The molecule has 3 aliphatic rings. The average molecular weight is 378 g/mol. The first kappa shape index (κ1) is 20.1. The van der Waals surface area contributed by atoms with E-state index in [1.807, 2.05) is 20.8 Å². The van der Waals surface area contributed by atoms with E-state index in [-0.39, 0.29) is 30.1 Å². The fraction of sp³-hybridized carbons (Fsp3) is 0.714. The molecule has 2 heterocycles. The molecule has 0 aromatic rings. The molecule has 0 saturated carbocycles. The van der Waals surface area contributed by atoms with Crippen molar-refractivity contribution >= 4 is 11.9 Å². The maximum Gasteiger partial charge on any atom is 0.334 e. The zero-order valence-electron chi connectivity index (χ0n) is 16.6. The molecule has 0 aromatic heterocycles. The molecule has 2 saturated heterocycles. The molecule has 1 N–H and O–H groups in total. The lowest BCUT2D eigenvalue weighted by molar-refractivity contribution is -0.153. The van der Waals surface area contributed by atoms with Crippen molar-refractivity contribution in [1.82, 2.24) is 0 Å². The van der Waals surface area contributed by atoms with Gasteiger partial charge in [0.1, 0.15) is 18.3 Å². The van der Waals surface area contributed by atoms with Crippen molar-refractivity contribution in [2.75, 3.05) is 0 Å². The Kier molecular flexibility index (Phi) is 5.25. The van der Waals surface area contributed by atoms with E-state index in [1.165, 1.54) is 0 Å². The topological polar surface area (TPSA) is 85.4 Å². The fourth-order valence-electron chi connectivity index (χ4n) is 3.96. The van der Waals surface area contributed by atoms with Gasteiger partial charge in [-0.3, -0.25) is 4.79 Å². The number of carbonyl (C=O) groups excluding carboxylic acids is 2. The number of allylic oxidation sites excluding steroid dienone is 1. The molecule has 6 atom stereocenters. The summed E-state index contributed by atoms with van der Waals surface area (Å²) in [6.45, 7) is 11.3. The number of fused-ring (bicyclic) bond motifs is 3. The molecule has 0 radical (unpaired) electrons. The Labute approximate surface area is 160 Å². The van der Waals surface area contributed by atoms with Gasteiger partial charge < -0.3 is 19.3 Å². The van der Waals surface area contributed by atoms with Crippen molar-refractivity contribution in [3.05, 3.63) is 23.8 Å². The number of epoxide rings is 1. The van der Waals surface area contributed by atoms with Crippen molar-refractivity contribution in [3.63, 3.8) is 0 Å². The fourth-order valence-corrected chi connectivity index (χ4v) is 3.96. The summed E-state index contributed by atoms with van der Waals surface area (Å²) in [6.07, 6.45) is 3.49. The molecule has 3 rings (SSSR count). The van der Waals surface area contributed by atoms with Gasteiger partial charge >= 0.3 is 11.9 Å². The van der Waals surface area contributed by atoms with Gasteiger partial charge in [0.15, 0.2) is 0 Å². The van der Waals surface area contributed by atoms with E-state index in [9.17, 15) is 14.7 Å². The lowest BCUT2D eigenvalue weighted by Gasteiger charge is -2.27. The lowest BCUT2D eigenvalue weighted by atomic mass is 9.83. The van der Waals surface area contributed by atoms with E-state index in [2.05, 4.69) is 12.7 Å². The molecule has 2 fully saturated rings. The first-order valence-electron chi connectivity index (χ1n) is 9.72. The zero-order chi connectivity index (χ0) is 20.0. The van der Waals surface area contributed by atoms with E-state index in [0.717, 1.165) is 18.4 Å². The summed E-state index contributed by atoms with van der Waals surface area (Å²) in [5.74, 6) is -1.10. The highest BCUT2D eigenvalue weighted by molar-refractivity contribution is 5.91. The third kappa shape index (κ3) is 4.11. The summed E-state index contributed by atoms with van der Waals surface area (Å²) < 4.78 is 17.2. The molecule has 27 heavy (non-hydrogen) atoms. The zero-order valence-corrected chi connectivity index (χ0v) is 16.6. The van der Waals surface area contributed by atoms with E-state index in [4.69, 9.17) is 14.2 Å². The van der Waals surface area contributed by atoms with Gasteiger partial charge in [-0.2, -0.15) is 0 Å². The quantitative estimate of drug-likeness (QED) is 0.350. The van der Waals surface area contributed by atoms with E-state index < -0.39 is 23.6 Å². The van der Waals surface area contributed by atoms with Crippen molar-refractivity contribution in [2.24, 2.45) is 5.92 Å². The molecule has 0 amide bonds. The second-order valence-electron chi connectivity index (χ2n) is 8.58. The van der Waals surface area contributed by atoms with Gasteiger partial charge in [0.25, 0.3) is 0 Å². The molecule has 2 aliphatic heterocycles. The van der Waals surface area contributed by atoms with Crippen molar-refractivity contribution in [1.29, 1.82) is 0 Å². The predicted molar refractivity (Wildman–Crippen MR) is 98.8 cm³/mol. The molecule has 6 heteroatoms. The van der Waals surface area contributed by atoms with Crippen LogP contribution in [-0.2, 0) is 23.8 Å². The third-order valence-electron chi connectivity index (χ3n) is 6.23. The van der Waals surface area contributed by atoms with Crippen LogP contribution in [0.3, 0.4) is 0 Å². The predicted octanol–water partition coefficient (Wildman–Crippen LogP) is 2.83. The number of hydrogen-bond acceptors (Lipinski definition) is 6. The molecule has 0 aromatic carbocycles. The standard InChI is InChI=1S/C21H30O6/c1-6-20(4,24)11-16(22)25-15-10-14-13(3)19(23)26-17(14)18-21(5,27-18)9-7-8-12(15)2/h8,14-15,17-18,24H,3,6-7,9-11H2,1-2,4-5H3/b12-8+/t14-,15+,17+,18+,20?,21-/m1/s1. The van der Waals surface area contributed by atoms with Crippen LogP contribution in [0.1, 0.15) is 59.8 Å². The number of rotatable bonds is 4. The Bertz CT molecular complexity index is 678. The van der Waals surface area contributed by atoms with E-state index in [0.29, 0.717) is 18.4 Å². The van der Waals surface area contributed by atoms with Gasteiger partial charge in [0.05, 0.1) is 17.6 Å². The SMILES string of the molecule is C=C1C(=O)O[C@H]2[C@@H]1C[C@H](OC(=O)CC(C)(O)CC)/C(C)=C/CC[C@@]1(C)O[C@@H]21. The van der Waals surface area contributed by atoms with Gasteiger partial charge in [-0.15, -0.1) is 0 Å². The second-order valence-corrected chi connectivity index (χ2v) is 8.58. The Morgan fingerprint density at radius 3 is 2.89 bits per heavy atom. The number of ether oxygens (including phenoxy) is 3. The van der Waals surface area contributed by atoms with Gasteiger partial charge in [-0.05, 0) is 52.0 Å². The molecule has 0 spiro atoms. The number of esters is 2. The molecule has 6 nitrogen and oxygen atoms in total. The monoisotopic (exact) mass is 378 g/mol. The van der Waals surface area contributed by atoms with Crippen LogP contribution in [0.2, 0.25) is 0 Å². The summed E-state index contributed by atoms with van der Waals surface area (Å²) in [5, 5.41) is 10.2. The molecule has 1 unspecified atom stereocenters. The third-order valence-corrected chi connectivity index (χ3v) is 6.23. The summed E-state index contributed by atoms with van der Waals surface area (Å²) in [5.41, 5.74) is -0.0261. The average Bonchev–Trinajstić information content (AvgIpc) is 3.17. The summed E-state index contributed by atoms with van der Waals surface area (Å²) in [4.78, 5) is 24.5. The van der Waals surface area contributed by atoms with E-state index >= 15 is 0 Å². The van der Waals surface area contributed by atoms with Gasteiger partial charge in [0.2, 0.25) is 0 Å². The highest BCUT2D eigenvalue weighted by atomic mass is 16.6. The van der Waals surface area contributed by atoms with Crippen molar-refractivity contribution < 1.29 is 28.9 Å². The molecule has 1 aliphatic carbocycles. The lowest BCUT2D eigenvalue weighted by Crippen LogP contribution is -2.34. The van der Waals surface area contributed by atoms with Crippen LogP contribution in [-0.4, -0.2) is 46.6 Å². The summed E-state index contributed by atoms with van der Waals surface area (Å²) in [6, 6.07) is 0. The van der Waals surface area contributed by atoms with Crippen LogP contribution in [0, 0.1) is 5.92 Å². The first-order valence-corrected chi connectivity index (χ1v) is 9.72. The van der Waals surface area contributed by atoms with Crippen molar-refractivity contribution in [2.45, 2.75) is 89.3 Å². The van der Waals surface area contributed by atoms with Crippen LogP contribution >= 0.6 is 0 Å². The Hall–Kier alpha value is -1.66. The Morgan fingerprint density at radius 1 is 1.52 bits per heavy atom. The Morgan fingerprint density at radius 2 is 2.22 bits per heavy atom. The minimum Gasteiger partial charge on any atom is -0.458 e. The largest absolute Gasteiger partial charge is 0.458 e. The highest BCUT2D eigenvalue weighted by Crippen LogP contribution is 2.50. The smallest absolute Gasteiger partial charge is 0.334 e. The van der Waals surface area contributed by atoms with Crippen molar-refractivity contribution in [3.8, 4) is 0 Å². The van der Waals surface area contributed by atoms with Crippen LogP contribution < -0.4 is 0 Å². The molecule has 0 bridgehead atoms. The first-order chi connectivity index (χ1) is 12.6. The van der Waals surface area contributed by atoms with Crippen LogP contribution in [0.5, 0.6) is 0 Å². The van der Waals surface area contributed by atoms with Crippen LogP contribution in [0.25, 0.3) is 0 Å². The van der Waals surface area contributed by atoms with Gasteiger partial charge in [-0.25, -0.2) is 4.79 Å². The van der Waals surface area contributed by atoms with E-state index in [1.54, 1.807) is 6.92 Å². The molecular weight excluding hydrogens is 348 g/mol. The number of aliphatic hydroxyl groups is 1. The molecular formula is C21H30O6. The minimum atomic E-state index is -1.09. The maximum atomic E-state index is 12.4. The Balaban J connectivity index is 1.80. The van der Waals surface area contributed by atoms with Crippen LogP contribution in [0.15, 0.2) is 23.8 Å². The van der Waals surface area contributed by atoms with Gasteiger partial charge in [0, 0.05) is 11.5 Å². The molecule has 150 valence electrons. The minimum absolute atomic E-state index is 0.0679. The second kappa shape index (κ2) is 7.06. The highest BCUT2D eigenvalue weighted by Gasteiger charge is 2.61. The normalized spacial score (nSPS) is 40.0. The summed E-state index contributed by atoms with van der Waals surface area (Å²) >= 11 is 0.